The van der Waals surface area contributed by atoms with E-state index < -0.39 is 7.12 Å². The van der Waals surface area contributed by atoms with Gasteiger partial charge >= 0.3 is 7.12 Å². The highest BCUT2D eigenvalue weighted by Crippen LogP contribution is 2.19. The Bertz CT molecular complexity index is 548. The molecule has 18 heavy (non-hydrogen) atoms. The van der Waals surface area contributed by atoms with Gasteiger partial charge in [-0.3, -0.25) is 0 Å². The number of benzene rings is 1. The fraction of sp³-hybridized carbons (Fsp3) is 0.182. The van der Waals surface area contributed by atoms with Crippen molar-refractivity contribution in [3.8, 4) is 0 Å². The molecular weight excluding hydrogens is 270 g/mol. The Morgan fingerprint density at radius 2 is 2.22 bits per heavy atom. The molecule has 2 rings (SSSR count). The van der Waals surface area contributed by atoms with E-state index in [9.17, 15) is 10.0 Å². The summed E-state index contributed by atoms with van der Waals surface area (Å²) in [4.78, 5) is 4.97. The summed E-state index contributed by atoms with van der Waals surface area (Å²) in [7, 11) is -1.45. The summed E-state index contributed by atoms with van der Waals surface area (Å²) >= 11 is 7.16. The number of halogens is 1. The monoisotopic (exact) mass is 282 g/mol. The lowest BCUT2D eigenvalue weighted by molar-refractivity contribution is 0.425. The van der Waals surface area contributed by atoms with Crippen LogP contribution in [0.15, 0.2) is 24.4 Å². The Hall–Kier alpha value is -1.08. The highest BCUT2D eigenvalue weighted by Gasteiger charge is 2.14. The van der Waals surface area contributed by atoms with Crippen LogP contribution in [0.25, 0.3) is 0 Å². The zero-order valence-electron chi connectivity index (χ0n) is 9.72. The van der Waals surface area contributed by atoms with Crippen LogP contribution in [0.5, 0.6) is 0 Å². The summed E-state index contributed by atoms with van der Waals surface area (Å²) in [5.74, 6) is 0. The van der Waals surface area contributed by atoms with Gasteiger partial charge in [0.1, 0.15) is 0 Å². The molecule has 4 nitrogen and oxygen atoms in total. The van der Waals surface area contributed by atoms with Crippen molar-refractivity contribution in [2.24, 2.45) is 0 Å². The molecule has 0 spiro atoms. The molecule has 0 saturated carbocycles. The number of nitrogens with one attached hydrogen (secondary N) is 1. The summed E-state index contributed by atoms with van der Waals surface area (Å²) in [6.07, 6.45) is 1.72. The van der Waals surface area contributed by atoms with Gasteiger partial charge < -0.3 is 15.4 Å². The number of hydrogen-bond donors (Lipinski definition) is 3. The minimum atomic E-state index is -1.45. The van der Waals surface area contributed by atoms with Crippen molar-refractivity contribution in [1.29, 1.82) is 0 Å². The quantitative estimate of drug-likeness (QED) is 0.742. The van der Waals surface area contributed by atoms with E-state index in [-0.39, 0.29) is 0 Å². The molecule has 0 atom stereocenters. The van der Waals surface area contributed by atoms with Crippen LogP contribution in [0.1, 0.15) is 10.4 Å². The Kier molecular flexibility index (Phi) is 4.24. The van der Waals surface area contributed by atoms with Gasteiger partial charge in [0.15, 0.2) is 4.47 Å². The van der Waals surface area contributed by atoms with Gasteiger partial charge in [-0.25, -0.2) is 4.98 Å². The highest BCUT2D eigenvalue weighted by molar-refractivity contribution is 7.15. The Morgan fingerprint density at radius 3 is 2.83 bits per heavy atom. The first kappa shape index (κ1) is 13.4. The van der Waals surface area contributed by atoms with Crippen LogP contribution in [0.3, 0.4) is 0 Å². The van der Waals surface area contributed by atoms with Crippen molar-refractivity contribution < 1.29 is 10.0 Å². The van der Waals surface area contributed by atoms with E-state index in [1.54, 1.807) is 12.3 Å². The van der Waals surface area contributed by atoms with Gasteiger partial charge in [0.05, 0.1) is 6.54 Å². The molecule has 0 unspecified atom stereocenters. The maximum Gasteiger partial charge on any atom is 0.488 e. The van der Waals surface area contributed by atoms with Gasteiger partial charge in [0.25, 0.3) is 0 Å². The third-order valence-electron chi connectivity index (χ3n) is 2.55. The standard InChI is InChI=1S/C11H12BClN2O2S/c1-7-2-3-8(4-10(7)12(16)17)14-5-9-6-15-11(13)18-9/h2-4,6,14,16-17H,5H2,1H3. The SMILES string of the molecule is Cc1ccc(NCc2cnc(Cl)s2)cc1B(O)O. The van der Waals surface area contributed by atoms with Crippen LogP contribution >= 0.6 is 22.9 Å². The second-order valence-corrected chi connectivity index (χ2v) is 5.58. The number of aromatic nitrogens is 1. The minimum Gasteiger partial charge on any atom is -0.423 e. The van der Waals surface area contributed by atoms with Crippen LogP contribution in [-0.4, -0.2) is 22.2 Å². The van der Waals surface area contributed by atoms with Crippen molar-refractivity contribution in [3.63, 3.8) is 0 Å². The molecule has 0 amide bonds. The number of anilines is 1. The van der Waals surface area contributed by atoms with Crippen molar-refractivity contribution in [2.45, 2.75) is 13.5 Å². The normalized spacial score (nSPS) is 10.4. The molecule has 0 saturated heterocycles. The molecule has 2 aromatic rings. The van der Waals surface area contributed by atoms with E-state index in [0.717, 1.165) is 16.1 Å². The maximum absolute atomic E-state index is 9.22. The van der Waals surface area contributed by atoms with Crippen molar-refractivity contribution in [2.75, 3.05) is 5.32 Å². The Labute approximate surface area is 114 Å². The van der Waals surface area contributed by atoms with Gasteiger partial charge in [-0.05, 0) is 24.5 Å². The lowest BCUT2D eigenvalue weighted by Crippen LogP contribution is -2.32. The topological polar surface area (TPSA) is 65.4 Å². The molecule has 1 aromatic carbocycles. The van der Waals surface area contributed by atoms with Gasteiger partial charge in [-0.2, -0.15) is 0 Å². The average molecular weight is 283 g/mol. The second kappa shape index (κ2) is 5.71. The third kappa shape index (κ3) is 3.23. The Balaban J connectivity index is 2.08. The summed E-state index contributed by atoms with van der Waals surface area (Å²) in [5.41, 5.74) is 2.17. The van der Waals surface area contributed by atoms with E-state index in [1.807, 2.05) is 19.1 Å². The molecule has 0 aliphatic heterocycles. The molecule has 1 heterocycles. The Morgan fingerprint density at radius 1 is 1.44 bits per heavy atom. The molecule has 0 aliphatic rings. The zero-order valence-corrected chi connectivity index (χ0v) is 11.3. The summed E-state index contributed by atoms with van der Waals surface area (Å²) in [5, 5.41) is 21.6. The molecule has 94 valence electrons. The fourth-order valence-corrected chi connectivity index (χ4v) is 2.50. The van der Waals surface area contributed by atoms with Crippen LogP contribution < -0.4 is 10.8 Å². The molecular formula is C11H12BClN2O2S. The minimum absolute atomic E-state index is 0.502. The molecule has 0 bridgehead atoms. The first-order valence-corrected chi connectivity index (χ1v) is 6.56. The predicted octanol–water partition coefficient (Wildman–Crippen LogP) is 1.40. The van der Waals surface area contributed by atoms with E-state index in [2.05, 4.69) is 10.3 Å². The van der Waals surface area contributed by atoms with E-state index in [0.29, 0.717) is 16.5 Å². The van der Waals surface area contributed by atoms with Gasteiger partial charge in [0.2, 0.25) is 0 Å². The molecule has 0 fully saturated rings. The van der Waals surface area contributed by atoms with E-state index in [4.69, 9.17) is 11.6 Å². The molecule has 7 heteroatoms. The van der Waals surface area contributed by atoms with E-state index in [1.165, 1.54) is 11.3 Å². The molecule has 0 aliphatic carbocycles. The molecule has 0 radical (unpaired) electrons. The summed E-state index contributed by atoms with van der Waals surface area (Å²) < 4.78 is 0.516. The maximum atomic E-state index is 9.22. The van der Waals surface area contributed by atoms with Crippen LogP contribution in [0.2, 0.25) is 4.47 Å². The number of nitrogens with zero attached hydrogens (tertiary/aromatic N) is 1. The third-order valence-corrected chi connectivity index (χ3v) is 3.66. The first-order valence-electron chi connectivity index (χ1n) is 5.37. The first-order chi connectivity index (χ1) is 8.56. The van der Waals surface area contributed by atoms with Crippen LogP contribution in [0, 0.1) is 6.92 Å². The average Bonchev–Trinajstić information content (AvgIpc) is 2.74. The number of thiazole rings is 1. The fourth-order valence-electron chi connectivity index (χ4n) is 1.58. The number of aryl methyl sites for hydroxylation is 1. The smallest absolute Gasteiger partial charge is 0.423 e. The van der Waals surface area contributed by atoms with Gasteiger partial charge in [-0.1, -0.05) is 23.2 Å². The van der Waals surface area contributed by atoms with Gasteiger partial charge in [-0.15, -0.1) is 11.3 Å². The largest absolute Gasteiger partial charge is 0.488 e. The highest BCUT2D eigenvalue weighted by atomic mass is 35.5. The second-order valence-electron chi connectivity index (χ2n) is 3.88. The van der Waals surface area contributed by atoms with Crippen molar-refractivity contribution >= 4 is 41.2 Å². The molecule has 3 N–H and O–H groups in total. The van der Waals surface area contributed by atoms with Crippen molar-refractivity contribution in [1.82, 2.24) is 4.98 Å². The van der Waals surface area contributed by atoms with Gasteiger partial charge in [0, 0.05) is 16.8 Å². The predicted molar refractivity (Wildman–Crippen MR) is 75.5 cm³/mol. The van der Waals surface area contributed by atoms with Crippen LogP contribution in [-0.2, 0) is 6.54 Å². The summed E-state index contributed by atoms with van der Waals surface area (Å²) in [6, 6.07) is 5.46. The summed E-state index contributed by atoms with van der Waals surface area (Å²) in [6.45, 7) is 2.44. The van der Waals surface area contributed by atoms with E-state index >= 15 is 0 Å². The van der Waals surface area contributed by atoms with Crippen LogP contribution in [0.4, 0.5) is 5.69 Å². The number of rotatable bonds is 4. The zero-order chi connectivity index (χ0) is 13.1. The van der Waals surface area contributed by atoms with Crippen molar-refractivity contribution in [3.05, 3.63) is 39.3 Å². The molecule has 1 aromatic heterocycles. The lowest BCUT2D eigenvalue weighted by Gasteiger charge is -2.09. The number of hydrogen-bond acceptors (Lipinski definition) is 5. The lowest BCUT2D eigenvalue weighted by atomic mass is 9.77.